The SMILES string of the molecule is Cc1ccc(C(=O)NCC2(O)CCSCC2)c(Br)n1. The number of aromatic nitrogens is 1. The highest BCUT2D eigenvalue weighted by Crippen LogP contribution is 2.26. The minimum atomic E-state index is -0.758. The van der Waals surface area contributed by atoms with E-state index in [9.17, 15) is 9.90 Å². The Labute approximate surface area is 125 Å². The van der Waals surface area contributed by atoms with Gasteiger partial charge in [-0.1, -0.05) is 0 Å². The molecule has 2 heterocycles. The van der Waals surface area contributed by atoms with Crippen molar-refractivity contribution >= 4 is 33.6 Å². The van der Waals surface area contributed by atoms with E-state index in [0.29, 0.717) is 16.7 Å². The third kappa shape index (κ3) is 3.94. The number of aryl methyl sites for hydroxylation is 1. The van der Waals surface area contributed by atoms with Crippen molar-refractivity contribution in [2.45, 2.75) is 25.4 Å². The number of aliphatic hydroxyl groups is 1. The van der Waals surface area contributed by atoms with Gasteiger partial charge in [0.15, 0.2) is 0 Å². The Hall–Kier alpha value is -0.590. The number of pyridine rings is 1. The number of nitrogens with zero attached hydrogens (tertiary/aromatic N) is 1. The number of carbonyl (C=O) groups is 1. The first-order valence-corrected chi connectivity index (χ1v) is 8.16. The number of amides is 1. The number of halogens is 1. The molecule has 0 spiro atoms. The number of rotatable bonds is 3. The van der Waals surface area contributed by atoms with Gasteiger partial charge in [-0.15, -0.1) is 0 Å². The number of hydrogen-bond acceptors (Lipinski definition) is 4. The van der Waals surface area contributed by atoms with Gasteiger partial charge in [0.2, 0.25) is 0 Å². The van der Waals surface area contributed by atoms with Gasteiger partial charge in [0.1, 0.15) is 4.60 Å². The fraction of sp³-hybridized carbons (Fsp3) is 0.538. The van der Waals surface area contributed by atoms with Crippen molar-refractivity contribution < 1.29 is 9.90 Å². The third-order valence-corrected chi connectivity index (χ3v) is 4.82. The molecular formula is C13H17BrN2O2S. The molecule has 2 rings (SSSR count). The zero-order chi connectivity index (χ0) is 13.9. The predicted octanol–water partition coefficient (Wildman–Crippen LogP) is 2.14. The first kappa shape index (κ1) is 14.8. The molecule has 1 fully saturated rings. The topological polar surface area (TPSA) is 62.2 Å². The summed E-state index contributed by atoms with van der Waals surface area (Å²) in [7, 11) is 0. The molecule has 0 radical (unpaired) electrons. The number of thioether (sulfide) groups is 1. The van der Waals surface area contributed by atoms with E-state index in [4.69, 9.17) is 0 Å². The van der Waals surface area contributed by atoms with Crippen molar-refractivity contribution in [3.05, 3.63) is 28.0 Å². The Morgan fingerprint density at radius 3 is 2.84 bits per heavy atom. The van der Waals surface area contributed by atoms with Gasteiger partial charge in [0, 0.05) is 12.2 Å². The maximum atomic E-state index is 12.1. The Morgan fingerprint density at radius 2 is 2.21 bits per heavy atom. The summed E-state index contributed by atoms with van der Waals surface area (Å²) in [5.74, 6) is 1.69. The molecule has 1 saturated heterocycles. The van der Waals surface area contributed by atoms with Crippen LogP contribution in [0.5, 0.6) is 0 Å². The van der Waals surface area contributed by atoms with Crippen LogP contribution in [-0.2, 0) is 0 Å². The Morgan fingerprint density at radius 1 is 1.53 bits per heavy atom. The lowest BCUT2D eigenvalue weighted by atomic mass is 9.97. The summed E-state index contributed by atoms with van der Waals surface area (Å²) in [4.78, 5) is 16.3. The van der Waals surface area contributed by atoms with E-state index in [2.05, 4.69) is 26.2 Å². The minimum Gasteiger partial charge on any atom is -0.388 e. The summed E-state index contributed by atoms with van der Waals surface area (Å²) in [6.07, 6.45) is 1.45. The van der Waals surface area contributed by atoms with E-state index in [1.807, 2.05) is 18.7 Å². The molecule has 1 aliphatic rings. The zero-order valence-corrected chi connectivity index (χ0v) is 13.2. The molecule has 1 aromatic heterocycles. The first-order chi connectivity index (χ1) is 9.00. The molecule has 0 saturated carbocycles. The second-order valence-electron chi connectivity index (χ2n) is 4.81. The lowest BCUT2D eigenvalue weighted by molar-refractivity contribution is 0.0311. The van der Waals surface area contributed by atoms with E-state index < -0.39 is 5.60 Å². The average molecular weight is 345 g/mol. The second kappa shape index (κ2) is 6.24. The molecular weight excluding hydrogens is 328 g/mol. The lowest BCUT2D eigenvalue weighted by Crippen LogP contribution is -2.45. The fourth-order valence-electron chi connectivity index (χ4n) is 1.96. The molecule has 1 amide bonds. The van der Waals surface area contributed by atoms with Crippen LogP contribution >= 0.6 is 27.7 Å². The van der Waals surface area contributed by atoms with Crippen LogP contribution in [0.1, 0.15) is 28.9 Å². The Bertz CT molecular complexity index is 476. The second-order valence-corrected chi connectivity index (χ2v) is 6.79. The Kier molecular flexibility index (Phi) is 4.86. The van der Waals surface area contributed by atoms with E-state index in [-0.39, 0.29) is 5.91 Å². The number of hydrogen-bond donors (Lipinski definition) is 2. The third-order valence-electron chi connectivity index (χ3n) is 3.23. The van der Waals surface area contributed by atoms with Crippen molar-refractivity contribution in [1.29, 1.82) is 0 Å². The molecule has 0 aromatic carbocycles. The van der Waals surface area contributed by atoms with Crippen LogP contribution in [0.15, 0.2) is 16.7 Å². The van der Waals surface area contributed by atoms with Gasteiger partial charge in [-0.3, -0.25) is 4.79 Å². The van der Waals surface area contributed by atoms with Gasteiger partial charge in [-0.2, -0.15) is 11.8 Å². The van der Waals surface area contributed by atoms with Gasteiger partial charge in [-0.05, 0) is 59.3 Å². The van der Waals surface area contributed by atoms with E-state index >= 15 is 0 Å². The predicted molar refractivity (Wildman–Crippen MR) is 80.5 cm³/mol. The lowest BCUT2D eigenvalue weighted by Gasteiger charge is -2.31. The fourth-order valence-corrected chi connectivity index (χ4v) is 3.81. The van der Waals surface area contributed by atoms with Crippen LogP contribution in [0.3, 0.4) is 0 Å². The van der Waals surface area contributed by atoms with Crippen LogP contribution in [0.4, 0.5) is 0 Å². The summed E-state index contributed by atoms with van der Waals surface area (Å²) in [6, 6.07) is 3.54. The van der Waals surface area contributed by atoms with Crippen LogP contribution in [0.25, 0.3) is 0 Å². The summed E-state index contributed by atoms with van der Waals surface area (Å²) >= 11 is 5.13. The molecule has 1 aliphatic heterocycles. The maximum Gasteiger partial charge on any atom is 0.254 e. The minimum absolute atomic E-state index is 0.203. The monoisotopic (exact) mass is 344 g/mol. The smallest absolute Gasteiger partial charge is 0.254 e. The highest BCUT2D eigenvalue weighted by atomic mass is 79.9. The molecule has 2 N–H and O–H groups in total. The molecule has 0 unspecified atom stereocenters. The largest absolute Gasteiger partial charge is 0.388 e. The average Bonchev–Trinajstić information content (AvgIpc) is 2.37. The molecule has 4 nitrogen and oxygen atoms in total. The van der Waals surface area contributed by atoms with E-state index in [1.165, 1.54) is 0 Å². The van der Waals surface area contributed by atoms with Gasteiger partial charge in [-0.25, -0.2) is 4.98 Å². The van der Waals surface area contributed by atoms with E-state index in [0.717, 1.165) is 30.0 Å². The van der Waals surface area contributed by atoms with Crippen molar-refractivity contribution in [2.24, 2.45) is 0 Å². The van der Waals surface area contributed by atoms with Crippen molar-refractivity contribution in [3.63, 3.8) is 0 Å². The first-order valence-electron chi connectivity index (χ1n) is 6.22. The van der Waals surface area contributed by atoms with Gasteiger partial charge in [0.25, 0.3) is 5.91 Å². The highest BCUT2D eigenvalue weighted by molar-refractivity contribution is 9.10. The van der Waals surface area contributed by atoms with Gasteiger partial charge in [0.05, 0.1) is 11.2 Å². The van der Waals surface area contributed by atoms with Crippen molar-refractivity contribution in [2.75, 3.05) is 18.1 Å². The number of nitrogens with one attached hydrogen (secondary N) is 1. The standard InChI is InChI=1S/C13H17BrN2O2S/c1-9-2-3-10(11(14)16-9)12(17)15-8-13(18)4-6-19-7-5-13/h2-3,18H,4-8H2,1H3,(H,15,17). The quantitative estimate of drug-likeness (QED) is 0.824. The summed E-state index contributed by atoms with van der Waals surface area (Å²) in [6.45, 7) is 2.17. The van der Waals surface area contributed by atoms with Crippen LogP contribution in [-0.4, -0.2) is 39.6 Å². The molecule has 1 aromatic rings. The number of carbonyl (C=O) groups excluding carboxylic acids is 1. The molecule has 104 valence electrons. The molecule has 6 heteroatoms. The zero-order valence-electron chi connectivity index (χ0n) is 10.8. The van der Waals surface area contributed by atoms with Crippen molar-refractivity contribution in [1.82, 2.24) is 10.3 Å². The summed E-state index contributed by atoms with van der Waals surface area (Å²) in [5, 5.41) is 13.1. The van der Waals surface area contributed by atoms with Crippen LogP contribution in [0, 0.1) is 6.92 Å². The van der Waals surface area contributed by atoms with E-state index in [1.54, 1.807) is 12.1 Å². The van der Waals surface area contributed by atoms with Crippen molar-refractivity contribution in [3.8, 4) is 0 Å². The molecule has 19 heavy (non-hydrogen) atoms. The summed E-state index contributed by atoms with van der Waals surface area (Å²) < 4.78 is 0.538. The van der Waals surface area contributed by atoms with Gasteiger partial charge >= 0.3 is 0 Å². The van der Waals surface area contributed by atoms with Crippen LogP contribution < -0.4 is 5.32 Å². The van der Waals surface area contributed by atoms with Crippen LogP contribution in [0.2, 0.25) is 0 Å². The maximum absolute atomic E-state index is 12.1. The highest BCUT2D eigenvalue weighted by Gasteiger charge is 2.30. The summed E-state index contributed by atoms with van der Waals surface area (Å²) in [5.41, 5.74) is 0.594. The normalized spacial score (nSPS) is 18.1. The molecule has 0 atom stereocenters. The Balaban J connectivity index is 1.97. The van der Waals surface area contributed by atoms with Gasteiger partial charge < -0.3 is 10.4 Å². The molecule has 0 bridgehead atoms. The molecule has 0 aliphatic carbocycles.